The first-order valence-electron chi connectivity index (χ1n) is 11.4. The predicted molar refractivity (Wildman–Crippen MR) is 110 cm³/mol. The van der Waals surface area contributed by atoms with Crippen molar-refractivity contribution in [3.8, 4) is 0 Å². The molecule has 3 atom stereocenters. The average Bonchev–Trinajstić information content (AvgIpc) is 2.92. The van der Waals surface area contributed by atoms with Crippen LogP contribution in [0.2, 0.25) is 0 Å². The van der Waals surface area contributed by atoms with Gasteiger partial charge in [0.25, 0.3) is 0 Å². The highest BCUT2D eigenvalue weighted by Crippen LogP contribution is 2.34. The van der Waals surface area contributed by atoms with Crippen molar-refractivity contribution < 1.29 is 23.9 Å². The number of esters is 3. The summed E-state index contributed by atoms with van der Waals surface area (Å²) in [4.78, 5) is 35.1. The maximum atomic E-state index is 11.9. The molecule has 1 heterocycles. The van der Waals surface area contributed by atoms with Gasteiger partial charge in [0.2, 0.25) is 0 Å². The van der Waals surface area contributed by atoms with Crippen LogP contribution in [0.25, 0.3) is 0 Å². The lowest BCUT2D eigenvalue weighted by atomic mass is 9.79. The van der Waals surface area contributed by atoms with Gasteiger partial charge < -0.3 is 9.47 Å². The molecule has 0 radical (unpaired) electrons. The lowest BCUT2D eigenvalue weighted by Crippen LogP contribution is -2.24. The standard InChI is InChI=1S/C23H40O5/c1-4-6-7-14-17-27-20(24)16-13-11-9-8-10-12-15-19(5-2)21-18(3)22(25)28-23(21)26/h18-19,21H,4-17H2,1-3H3. The lowest BCUT2D eigenvalue weighted by molar-refractivity contribution is -0.154. The quantitative estimate of drug-likeness (QED) is 0.193. The van der Waals surface area contributed by atoms with Crippen LogP contribution in [0, 0.1) is 17.8 Å². The van der Waals surface area contributed by atoms with Crippen LogP contribution in [-0.2, 0) is 23.9 Å². The highest BCUT2D eigenvalue weighted by Gasteiger charge is 2.44. The number of carbonyl (C=O) groups is 3. The molecule has 0 aromatic rings. The summed E-state index contributed by atoms with van der Waals surface area (Å²) in [6.45, 7) is 6.62. The van der Waals surface area contributed by atoms with Gasteiger partial charge >= 0.3 is 17.9 Å². The van der Waals surface area contributed by atoms with Gasteiger partial charge in [0.1, 0.15) is 0 Å². The van der Waals surface area contributed by atoms with Crippen LogP contribution in [-0.4, -0.2) is 24.5 Å². The molecule has 1 aliphatic heterocycles. The van der Waals surface area contributed by atoms with Crippen LogP contribution in [0.1, 0.15) is 104 Å². The molecule has 0 N–H and O–H groups in total. The van der Waals surface area contributed by atoms with Gasteiger partial charge in [-0.05, 0) is 25.2 Å². The molecular weight excluding hydrogens is 356 g/mol. The van der Waals surface area contributed by atoms with Crippen LogP contribution in [0.4, 0.5) is 0 Å². The Balaban J connectivity index is 2.01. The number of unbranched alkanes of at least 4 members (excludes halogenated alkanes) is 8. The fourth-order valence-electron chi connectivity index (χ4n) is 4.02. The van der Waals surface area contributed by atoms with Crippen molar-refractivity contribution in [2.75, 3.05) is 6.61 Å². The van der Waals surface area contributed by atoms with Gasteiger partial charge in [0.05, 0.1) is 18.4 Å². The third-order valence-electron chi connectivity index (χ3n) is 5.88. The zero-order chi connectivity index (χ0) is 20.8. The minimum atomic E-state index is -0.368. The Morgan fingerprint density at radius 3 is 2.18 bits per heavy atom. The Kier molecular flexibility index (Phi) is 12.8. The Hall–Kier alpha value is -1.39. The van der Waals surface area contributed by atoms with Crippen LogP contribution >= 0.6 is 0 Å². The molecule has 0 amide bonds. The van der Waals surface area contributed by atoms with Crippen molar-refractivity contribution in [3.05, 3.63) is 0 Å². The van der Waals surface area contributed by atoms with E-state index in [9.17, 15) is 14.4 Å². The van der Waals surface area contributed by atoms with Crippen molar-refractivity contribution in [3.63, 3.8) is 0 Å². The summed E-state index contributed by atoms with van der Waals surface area (Å²) in [5.74, 6) is -1.08. The number of hydrogen-bond acceptors (Lipinski definition) is 5. The maximum Gasteiger partial charge on any atom is 0.317 e. The van der Waals surface area contributed by atoms with Crippen molar-refractivity contribution >= 4 is 17.9 Å². The Labute approximate surface area is 170 Å². The molecule has 0 spiro atoms. The van der Waals surface area contributed by atoms with E-state index < -0.39 is 0 Å². The minimum Gasteiger partial charge on any atom is -0.466 e. The highest BCUT2D eigenvalue weighted by atomic mass is 16.6. The van der Waals surface area contributed by atoms with E-state index in [4.69, 9.17) is 9.47 Å². The molecule has 0 aromatic heterocycles. The summed E-state index contributed by atoms with van der Waals surface area (Å²) in [7, 11) is 0. The molecule has 1 saturated heterocycles. The molecule has 3 unspecified atom stereocenters. The van der Waals surface area contributed by atoms with E-state index in [0.29, 0.717) is 13.0 Å². The van der Waals surface area contributed by atoms with Gasteiger partial charge in [-0.3, -0.25) is 14.4 Å². The molecule has 1 aliphatic rings. The van der Waals surface area contributed by atoms with Gasteiger partial charge in [-0.25, -0.2) is 0 Å². The molecule has 28 heavy (non-hydrogen) atoms. The van der Waals surface area contributed by atoms with E-state index in [1.165, 1.54) is 12.8 Å². The summed E-state index contributed by atoms with van der Waals surface area (Å²) in [5.41, 5.74) is 0. The van der Waals surface area contributed by atoms with Gasteiger partial charge in [-0.2, -0.15) is 0 Å². The molecule has 0 aliphatic carbocycles. The molecule has 1 rings (SSSR count). The van der Waals surface area contributed by atoms with Gasteiger partial charge in [-0.1, -0.05) is 78.6 Å². The summed E-state index contributed by atoms with van der Waals surface area (Å²) in [6.07, 6.45) is 13.3. The van der Waals surface area contributed by atoms with Crippen LogP contribution in [0.15, 0.2) is 0 Å². The van der Waals surface area contributed by atoms with E-state index in [-0.39, 0.29) is 35.7 Å². The topological polar surface area (TPSA) is 69.7 Å². The van der Waals surface area contributed by atoms with Crippen LogP contribution < -0.4 is 0 Å². The van der Waals surface area contributed by atoms with E-state index in [0.717, 1.165) is 64.2 Å². The van der Waals surface area contributed by atoms with Gasteiger partial charge in [-0.15, -0.1) is 0 Å². The first-order valence-corrected chi connectivity index (χ1v) is 11.4. The van der Waals surface area contributed by atoms with Crippen molar-refractivity contribution in [2.45, 2.75) is 104 Å². The normalized spacial score (nSPS) is 20.2. The first kappa shape index (κ1) is 24.6. The lowest BCUT2D eigenvalue weighted by Gasteiger charge is -2.21. The van der Waals surface area contributed by atoms with Gasteiger partial charge in [0, 0.05) is 6.42 Å². The molecule has 0 bridgehead atoms. The fraction of sp³-hybridized carbons (Fsp3) is 0.870. The third-order valence-corrected chi connectivity index (χ3v) is 5.88. The molecular formula is C23H40O5. The minimum absolute atomic E-state index is 0.0607. The second-order valence-electron chi connectivity index (χ2n) is 8.16. The van der Waals surface area contributed by atoms with E-state index in [1.54, 1.807) is 6.92 Å². The van der Waals surface area contributed by atoms with E-state index >= 15 is 0 Å². The van der Waals surface area contributed by atoms with Crippen LogP contribution in [0.3, 0.4) is 0 Å². The van der Waals surface area contributed by atoms with Crippen molar-refractivity contribution in [1.29, 1.82) is 0 Å². The Bertz CT molecular complexity index is 474. The second kappa shape index (κ2) is 14.6. The van der Waals surface area contributed by atoms with Crippen molar-refractivity contribution in [1.82, 2.24) is 0 Å². The first-order chi connectivity index (χ1) is 13.5. The highest BCUT2D eigenvalue weighted by molar-refractivity contribution is 5.96. The number of rotatable bonds is 16. The summed E-state index contributed by atoms with van der Waals surface area (Å²) < 4.78 is 10.0. The van der Waals surface area contributed by atoms with Crippen LogP contribution in [0.5, 0.6) is 0 Å². The Morgan fingerprint density at radius 2 is 1.57 bits per heavy atom. The largest absolute Gasteiger partial charge is 0.466 e. The zero-order valence-corrected chi connectivity index (χ0v) is 18.2. The summed E-state index contributed by atoms with van der Waals surface area (Å²) in [5, 5.41) is 0. The molecule has 5 heteroatoms. The number of ether oxygens (including phenoxy) is 2. The number of carbonyl (C=O) groups excluding carboxylic acids is 3. The smallest absolute Gasteiger partial charge is 0.317 e. The van der Waals surface area contributed by atoms with Gasteiger partial charge in [0.15, 0.2) is 0 Å². The zero-order valence-electron chi connectivity index (χ0n) is 18.2. The average molecular weight is 397 g/mol. The maximum absolute atomic E-state index is 11.9. The second-order valence-corrected chi connectivity index (χ2v) is 8.16. The molecule has 0 aromatic carbocycles. The fourth-order valence-corrected chi connectivity index (χ4v) is 4.02. The van der Waals surface area contributed by atoms with E-state index in [1.807, 2.05) is 0 Å². The van der Waals surface area contributed by atoms with Crippen molar-refractivity contribution in [2.24, 2.45) is 17.8 Å². The predicted octanol–water partition coefficient (Wildman–Crippen LogP) is 5.59. The number of hydrogen-bond donors (Lipinski definition) is 0. The summed E-state index contributed by atoms with van der Waals surface area (Å²) >= 11 is 0. The summed E-state index contributed by atoms with van der Waals surface area (Å²) in [6, 6.07) is 0. The molecule has 0 saturated carbocycles. The molecule has 162 valence electrons. The SMILES string of the molecule is CCCCCCOC(=O)CCCCCCCCC(CC)C1C(=O)OC(=O)C1C. The Morgan fingerprint density at radius 1 is 0.929 bits per heavy atom. The third kappa shape index (κ3) is 9.20. The molecule has 5 nitrogen and oxygen atoms in total. The van der Waals surface area contributed by atoms with E-state index in [2.05, 4.69) is 13.8 Å². The number of cyclic esters (lactones) is 2. The monoisotopic (exact) mass is 396 g/mol. The molecule has 1 fully saturated rings.